The van der Waals surface area contributed by atoms with Crippen molar-refractivity contribution in [2.75, 3.05) is 6.54 Å². The van der Waals surface area contributed by atoms with Gasteiger partial charge in [0.05, 0.1) is 17.3 Å². The lowest BCUT2D eigenvalue weighted by Crippen LogP contribution is -2.48. The van der Waals surface area contributed by atoms with Crippen LogP contribution in [0.2, 0.25) is 0 Å². The zero-order valence-electron chi connectivity index (χ0n) is 13.4. The van der Waals surface area contributed by atoms with Gasteiger partial charge in [-0.05, 0) is 43.3 Å². The van der Waals surface area contributed by atoms with Crippen LogP contribution in [0.1, 0.15) is 43.2 Å². The van der Waals surface area contributed by atoms with E-state index in [0.717, 1.165) is 36.3 Å². The lowest BCUT2D eigenvalue weighted by atomic mass is 9.83. The van der Waals surface area contributed by atoms with Crippen LogP contribution in [-0.4, -0.2) is 23.2 Å². The van der Waals surface area contributed by atoms with E-state index in [2.05, 4.69) is 11.4 Å². The second-order valence-electron chi connectivity index (χ2n) is 6.70. The summed E-state index contributed by atoms with van der Waals surface area (Å²) in [6.45, 7) is 1.95. The standard InChI is InChI=1S/C18H23NO3S/c1-17(21,12-14-6-4-10-22-14)13-19-16(20)18(8-2-3-9-18)15-7-5-11-23-15/h4-7,10-11,21H,2-3,8-9,12-13H2,1H3,(H,19,20). The number of amides is 1. The zero-order valence-corrected chi connectivity index (χ0v) is 14.2. The molecule has 2 aromatic rings. The van der Waals surface area contributed by atoms with Gasteiger partial charge in [-0.25, -0.2) is 0 Å². The Bertz CT molecular complexity index is 625. The first-order valence-corrected chi connectivity index (χ1v) is 8.97. The van der Waals surface area contributed by atoms with E-state index in [9.17, 15) is 9.90 Å². The smallest absolute Gasteiger partial charge is 0.231 e. The van der Waals surface area contributed by atoms with Crippen molar-refractivity contribution in [1.29, 1.82) is 0 Å². The summed E-state index contributed by atoms with van der Waals surface area (Å²) >= 11 is 1.65. The lowest BCUT2D eigenvalue weighted by molar-refractivity contribution is -0.127. The minimum absolute atomic E-state index is 0.0390. The summed E-state index contributed by atoms with van der Waals surface area (Å²) in [6, 6.07) is 7.69. The summed E-state index contributed by atoms with van der Waals surface area (Å²) in [6.07, 6.45) is 5.90. The maximum Gasteiger partial charge on any atom is 0.231 e. The molecule has 0 spiro atoms. The SMILES string of the molecule is CC(O)(CNC(=O)C1(c2cccs2)CCCC1)Cc1ccco1. The maximum atomic E-state index is 12.9. The highest BCUT2D eigenvalue weighted by Gasteiger charge is 2.43. The fraction of sp³-hybridized carbons (Fsp3) is 0.500. The van der Waals surface area contributed by atoms with E-state index in [1.807, 2.05) is 17.5 Å². The molecule has 1 amide bonds. The largest absolute Gasteiger partial charge is 0.469 e. The first-order valence-electron chi connectivity index (χ1n) is 8.09. The molecule has 0 radical (unpaired) electrons. The monoisotopic (exact) mass is 333 g/mol. The van der Waals surface area contributed by atoms with E-state index >= 15 is 0 Å². The van der Waals surface area contributed by atoms with Crippen molar-refractivity contribution in [2.45, 2.75) is 50.0 Å². The minimum Gasteiger partial charge on any atom is -0.469 e. The molecule has 0 bridgehead atoms. The molecule has 1 unspecified atom stereocenters. The lowest BCUT2D eigenvalue weighted by Gasteiger charge is -2.29. The van der Waals surface area contributed by atoms with E-state index in [1.165, 1.54) is 0 Å². The van der Waals surface area contributed by atoms with Gasteiger partial charge in [-0.1, -0.05) is 18.9 Å². The molecule has 1 fully saturated rings. The van der Waals surface area contributed by atoms with Gasteiger partial charge in [0.15, 0.2) is 0 Å². The Morgan fingerprint density at radius 1 is 1.39 bits per heavy atom. The van der Waals surface area contributed by atoms with Gasteiger partial charge in [-0.3, -0.25) is 4.79 Å². The molecule has 1 aliphatic rings. The average Bonchev–Trinajstić information content (AvgIpc) is 3.24. The fourth-order valence-electron chi connectivity index (χ4n) is 3.41. The number of carbonyl (C=O) groups excluding carboxylic acids is 1. The highest BCUT2D eigenvalue weighted by molar-refractivity contribution is 7.10. The molecule has 2 N–H and O–H groups in total. The van der Waals surface area contributed by atoms with Crippen molar-refractivity contribution in [3.8, 4) is 0 Å². The third kappa shape index (κ3) is 3.51. The Morgan fingerprint density at radius 2 is 2.17 bits per heavy atom. The van der Waals surface area contributed by atoms with Gasteiger partial charge in [-0.15, -0.1) is 11.3 Å². The number of thiophene rings is 1. The van der Waals surface area contributed by atoms with Crippen LogP contribution in [0, 0.1) is 0 Å². The molecule has 124 valence electrons. The van der Waals surface area contributed by atoms with E-state index in [1.54, 1.807) is 30.6 Å². The van der Waals surface area contributed by atoms with Crippen LogP contribution in [0.4, 0.5) is 0 Å². The Kier molecular flexibility index (Phi) is 4.60. The molecule has 1 aliphatic carbocycles. The van der Waals surface area contributed by atoms with Crippen LogP contribution in [0.5, 0.6) is 0 Å². The highest BCUT2D eigenvalue weighted by atomic mass is 32.1. The van der Waals surface area contributed by atoms with Gasteiger partial charge in [0.2, 0.25) is 5.91 Å². The summed E-state index contributed by atoms with van der Waals surface area (Å²) in [5.41, 5.74) is -1.43. The summed E-state index contributed by atoms with van der Waals surface area (Å²) in [5, 5.41) is 15.5. The summed E-state index contributed by atoms with van der Waals surface area (Å²) in [7, 11) is 0. The van der Waals surface area contributed by atoms with Gasteiger partial charge in [-0.2, -0.15) is 0 Å². The minimum atomic E-state index is -1.03. The normalized spacial score (nSPS) is 19.4. The van der Waals surface area contributed by atoms with E-state index in [0.29, 0.717) is 6.42 Å². The first kappa shape index (κ1) is 16.3. The van der Waals surface area contributed by atoms with Crippen LogP contribution in [0.3, 0.4) is 0 Å². The highest BCUT2D eigenvalue weighted by Crippen LogP contribution is 2.43. The number of carbonyl (C=O) groups is 1. The second kappa shape index (κ2) is 6.49. The van der Waals surface area contributed by atoms with Crippen molar-refractivity contribution < 1.29 is 14.3 Å². The summed E-state index contributed by atoms with van der Waals surface area (Å²) in [4.78, 5) is 14.0. The Hall–Kier alpha value is -1.59. The van der Waals surface area contributed by atoms with Gasteiger partial charge >= 0.3 is 0 Å². The maximum absolute atomic E-state index is 12.9. The quantitative estimate of drug-likeness (QED) is 0.853. The molecule has 5 heteroatoms. The van der Waals surface area contributed by atoms with Gasteiger partial charge < -0.3 is 14.8 Å². The number of aliphatic hydroxyl groups is 1. The van der Waals surface area contributed by atoms with E-state index < -0.39 is 11.0 Å². The predicted octanol–water partition coefficient (Wildman–Crippen LogP) is 3.26. The summed E-state index contributed by atoms with van der Waals surface area (Å²) < 4.78 is 5.28. The second-order valence-corrected chi connectivity index (χ2v) is 7.65. The Balaban J connectivity index is 1.66. The van der Waals surface area contributed by atoms with Crippen LogP contribution >= 0.6 is 11.3 Å². The van der Waals surface area contributed by atoms with Crippen molar-refractivity contribution in [2.24, 2.45) is 0 Å². The molecular weight excluding hydrogens is 310 g/mol. The number of hydrogen-bond donors (Lipinski definition) is 2. The molecule has 3 rings (SSSR count). The van der Waals surface area contributed by atoms with Crippen LogP contribution in [0.15, 0.2) is 40.3 Å². The van der Waals surface area contributed by atoms with Gasteiger partial charge in [0.1, 0.15) is 5.76 Å². The molecular formula is C18H23NO3S. The van der Waals surface area contributed by atoms with Crippen LogP contribution in [0.25, 0.3) is 0 Å². The molecule has 2 heterocycles. The van der Waals surface area contributed by atoms with E-state index in [4.69, 9.17) is 4.42 Å². The number of nitrogens with one attached hydrogen (secondary N) is 1. The van der Waals surface area contributed by atoms with Gasteiger partial charge in [0.25, 0.3) is 0 Å². The number of hydrogen-bond acceptors (Lipinski definition) is 4. The van der Waals surface area contributed by atoms with Crippen molar-refractivity contribution >= 4 is 17.2 Å². The fourth-order valence-corrected chi connectivity index (χ4v) is 4.39. The Morgan fingerprint density at radius 3 is 2.78 bits per heavy atom. The predicted molar refractivity (Wildman–Crippen MR) is 90.5 cm³/mol. The third-order valence-corrected chi connectivity index (χ3v) is 5.72. The van der Waals surface area contributed by atoms with Gasteiger partial charge in [0, 0.05) is 17.8 Å². The first-order chi connectivity index (χ1) is 11.0. The third-order valence-electron chi connectivity index (χ3n) is 4.65. The van der Waals surface area contributed by atoms with Crippen molar-refractivity contribution in [3.63, 3.8) is 0 Å². The zero-order chi connectivity index (χ0) is 16.3. The van der Waals surface area contributed by atoms with Crippen molar-refractivity contribution in [1.82, 2.24) is 5.32 Å². The van der Waals surface area contributed by atoms with E-state index in [-0.39, 0.29) is 12.5 Å². The van der Waals surface area contributed by atoms with Crippen LogP contribution < -0.4 is 5.32 Å². The molecule has 1 saturated carbocycles. The molecule has 1 atom stereocenters. The van der Waals surface area contributed by atoms with Crippen molar-refractivity contribution in [3.05, 3.63) is 46.5 Å². The molecule has 0 aliphatic heterocycles. The molecule has 2 aromatic heterocycles. The average molecular weight is 333 g/mol. The Labute approximate surface area is 140 Å². The number of rotatable bonds is 6. The topological polar surface area (TPSA) is 62.5 Å². The molecule has 23 heavy (non-hydrogen) atoms. The molecule has 4 nitrogen and oxygen atoms in total. The molecule has 0 aromatic carbocycles. The van der Waals surface area contributed by atoms with Crippen LogP contribution in [-0.2, 0) is 16.6 Å². The summed E-state index contributed by atoms with van der Waals surface area (Å²) in [5.74, 6) is 0.759. The number of furan rings is 1. The molecule has 0 saturated heterocycles.